The van der Waals surface area contributed by atoms with Crippen molar-refractivity contribution < 1.29 is 5.11 Å². The molecular formula is C24H32N4OS. The molecule has 1 fully saturated rings. The summed E-state index contributed by atoms with van der Waals surface area (Å²) in [6, 6.07) is 16.8. The minimum Gasteiger partial charge on any atom is -0.375 e. The molecule has 3 N–H and O–H groups in total. The van der Waals surface area contributed by atoms with Crippen LogP contribution in [0.1, 0.15) is 30.4 Å². The third kappa shape index (κ3) is 4.67. The van der Waals surface area contributed by atoms with Crippen LogP contribution in [-0.2, 0) is 12.1 Å². The van der Waals surface area contributed by atoms with Crippen molar-refractivity contribution in [3.05, 3.63) is 59.7 Å². The van der Waals surface area contributed by atoms with Gasteiger partial charge in [0.25, 0.3) is 0 Å². The number of nitrogens with zero attached hydrogens (tertiary/aromatic N) is 3. The highest BCUT2D eigenvalue weighted by Crippen LogP contribution is 2.36. The van der Waals surface area contributed by atoms with Crippen molar-refractivity contribution in [3.63, 3.8) is 0 Å². The van der Waals surface area contributed by atoms with Crippen molar-refractivity contribution in [2.45, 2.75) is 31.4 Å². The third-order valence-electron chi connectivity index (χ3n) is 6.28. The van der Waals surface area contributed by atoms with Crippen LogP contribution >= 0.6 is 11.3 Å². The molecule has 0 saturated carbocycles. The van der Waals surface area contributed by atoms with Gasteiger partial charge in [-0.2, -0.15) is 0 Å². The minimum atomic E-state index is -0.977. The van der Waals surface area contributed by atoms with Crippen molar-refractivity contribution >= 4 is 26.7 Å². The molecule has 2 heterocycles. The SMILES string of the molecule is CN(C)CCC(O)(c1ccc2nc(N)sc2c1)N1CCC(Cc2ccccc2)CC1. The largest absolute Gasteiger partial charge is 0.375 e. The lowest BCUT2D eigenvalue weighted by molar-refractivity contribution is -0.136. The van der Waals surface area contributed by atoms with Gasteiger partial charge in [-0.05, 0) is 57.0 Å². The number of benzene rings is 2. The van der Waals surface area contributed by atoms with Crippen LogP contribution in [0.5, 0.6) is 0 Å². The molecule has 0 aliphatic carbocycles. The van der Waals surface area contributed by atoms with E-state index in [2.05, 4.69) is 65.3 Å². The fourth-order valence-electron chi connectivity index (χ4n) is 4.51. The number of rotatable bonds is 7. The first-order valence-electron chi connectivity index (χ1n) is 10.8. The molecule has 0 amide bonds. The van der Waals surface area contributed by atoms with Crippen LogP contribution in [0.25, 0.3) is 10.2 Å². The second-order valence-electron chi connectivity index (χ2n) is 8.72. The molecule has 30 heavy (non-hydrogen) atoms. The molecule has 160 valence electrons. The van der Waals surface area contributed by atoms with Gasteiger partial charge in [-0.1, -0.05) is 47.7 Å². The number of hydrogen-bond acceptors (Lipinski definition) is 6. The number of hydrogen-bond donors (Lipinski definition) is 2. The van der Waals surface area contributed by atoms with Crippen LogP contribution in [0, 0.1) is 5.92 Å². The average molecular weight is 425 g/mol. The Bertz CT molecular complexity index is 966. The fraction of sp³-hybridized carbons (Fsp3) is 0.458. The summed E-state index contributed by atoms with van der Waals surface area (Å²) in [6.07, 6.45) is 4.00. The second kappa shape index (κ2) is 9.02. The molecule has 4 rings (SSSR count). The molecule has 5 nitrogen and oxygen atoms in total. The Balaban J connectivity index is 1.52. The molecule has 1 aromatic heterocycles. The monoisotopic (exact) mass is 424 g/mol. The highest BCUT2D eigenvalue weighted by molar-refractivity contribution is 7.22. The van der Waals surface area contributed by atoms with Gasteiger partial charge in [0.15, 0.2) is 5.13 Å². The van der Waals surface area contributed by atoms with E-state index in [1.807, 2.05) is 12.1 Å². The predicted octanol–water partition coefficient (Wildman–Crippen LogP) is 3.93. The van der Waals surface area contributed by atoms with E-state index in [4.69, 9.17) is 5.73 Å². The summed E-state index contributed by atoms with van der Waals surface area (Å²) in [5, 5.41) is 12.5. The van der Waals surface area contributed by atoms with E-state index in [0.717, 1.165) is 54.7 Å². The van der Waals surface area contributed by atoms with Gasteiger partial charge in [-0.25, -0.2) is 4.98 Å². The third-order valence-corrected chi connectivity index (χ3v) is 7.13. The molecule has 1 saturated heterocycles. The Morgan fingerprint density at radius 1 is 1.17 bits per heavy atom. The Labute approximate surface area is 183 Å². The van der Waals surface area contributed by atoms with Crippen LogP contribution in [0.2, 0.25) is 0 Å². The second-order valence-corrected chi connectivity index (χ2v) is 9.79. The number of anilines is 1. The number of piperidine rings is 1. The van der Waals surface area contributed by atoms with Gasteiger partial charge in [0, 0.05) is 31.6 Å². The van der Waals surface area contributed by atoms with E-state index in [9.17, 15) is 5.11 Å². The number of aliphatic hydroxyl groups is 1. The molecule has 1 unspecified atom stereocenters. The van der Waals surface area contributed by atoms with Gasteiger partial charge in [0.2, 0.25) is 0 Å². The minimum absolute atomic E-state index is 0.570. The zero-order valence-corrected chi connectivity index (χ0v) is 18.7. The first-order chi connectivity index (χ1) is 14.4. The number of nitrogen functional groups attached to an aromatic ring is 1. The highest BCUT2D eigenvalue weighted by atomic mass is 32.1. The number of thiazole rings is 1. The number of aromatic nitrogens is 1. The van der Waals surface area contributed by atoms with Gasteiger partial charge in [-0.3, -0.25) is 4.90 Å². The van der Waals surface area contributed by atoms with Crippen LogP contribution in [0.3, 0.4) is 0 Å². The molecule has 0 spiro atoms. The maximum atomic E-state index is 12.0. The average Bonchev–Trinajstić information content (AvgIpc) is 3.12. The van der Waals surface area contributed by atoms with E-state index in [-0.39, 0.29) is 0 Å². The van der Waals surface area contributed by atoms with Crippen LogP contribution < -0.4 is 5.73 Å². The maximum absolute atomic E-state index is 12.0. The van der Waals surface area contributed by atoms with Gasteiger partial charge in [0.05, 0.1) is 10.2 Å². The summed E-state index contributed by atoms with van der Waals surface area (Å²) in [6.45, 7) is 2.64. The van der Waals surface area contributed by atoms with Crippen molar-refractivity contribution in [2.75, 3.05) is 39.5 Å². The summed E-state index contributed by atoms with van der Waals surface area (Å²) in [5.74, 6) is 0.672. The molecule has 6 heteroatoms. The van der Waals surface area contributed by atoms with Gasteiger partial charge < -0.3 is 15.7 Å². The zero-order valence-electron chi connectivity index (χ0n) is 17.9. The first kappa shape index (κ1) is 21.2. The Hall–Kier alpha value is -1.99. The number of fused-ring (bicyclic) bond motifs is 1. The van der Waals surface area contributed by atoms with Crippen LogP contribution in [0.4, 0.5) is 5.13 Å². The standard InChI is InChI=1S/C24H32N4OS/c1-27(2)15-12-24(29,20-8-9-21-22(17-20)30-23(25)26-21)28-13-10-19(11-14-28)16-18-6-4-3-5-7-18/h3-9,17,19,29H,10-16H2,1-2H3,(H2,25,26). The molecular weight excluding hydrogens is 392 g/mol. The van der Waals surface area contributed by atoms with E-state index < -0.39 is 5.72 Å². The van der Waals surface area contributed by atoms with Crippen LogP contribution in [-0.4, -0.2) is 53.6 Å². The smallest absolute Gasteiger partial charge is 0.181 e. The van der Waals surface area contributed by atoms with Crippen molar-refractivity contribution in [1.82, 2.24) is 14.8 Å². The molecule has 3 aromatic rings. The van der Waals surface area contributed by atoms with Gasteiger partial charge in [0.1, 0.15) is 5.72 Å². The van der Waals surface area contributed by atoms with Gasteiger partial charge >= 0.3 is 0 Å². The molecule has 1 aliphatic heterocycles. The van der Waals surface area contributed by atoms with E-state index >= 15 is 0 Å². The summed E-state index contributed by atoms with van der Waals surface area (Å²) in [7, 11) is 4.11. The Morgan fingerprint density at radius 2 is 1.90 bits per heavy atom. The van der Waals surface area contributed by atoms with E-state index in [0.29, 0.717) is 17.5 Å². The summed E-state index contributed by atoms with van der Waals surface area (Å²) < 4.78 is 1.03. The summed E-state index contributed by atoms with van der Waals surface area (Å²) in [5.41, 5.74) is 8.18. The molecule has 0 radical (unpaired) electrons. The summed E-state index contributed by atoms with van der Waals surface area (Å²) in [4.78, 5) is 8.78. The fourth-order valence-corrected chi connectivity index (χ4v) is 5.28. The molecule has 1 atom stereocenters. The molecule has 0 bridgehead atoms. The quantitative estimate of drug-likeness (QED) is 0.602. The van der Waals surface area contributed by atoms with Crippen LogP contribution in [0.15, 0.2) is 48.5 Å². The molecule has 2 aromatic carbocycles. The number of nitrogens with two attached hydrogens (primary N) is 1. The van der Waals surface area contributed by atoms with Gasteiger partial charge in [-0.15, -0.1) is 0 Å². The number of likely N-dealkylation sites (tertiary alicyclic amines) is 1. The zero-order chi connectivity index (χ0) is 21.1. The van der Waals surface area contributed by atoms with Crippen molar-refractivity contribution in [2.24, 2.45) is 5.92 Å². The Morgan fingerprint density at radius 3 is 2.60 bits per heavy atom. The summed E-state index contributed by atoms with van der Waals surface area (Å²) >= 11 is 1.48. The first-order valence-corrected chi connectivity index (χ1v) is 11.6. The predicted molar refractivity (Wildman–Crippen MR) is 126 cm³/mol. The van der Waals surface area contributed by atoms with E-state index in [1.165, 1.54) is 16.9 Å². The lowest BCUT2D eigenvalue weighted by atomic mass is 9.87. The van der Waals surface area contributed by atoms with E-state index in [1.54, 1.807) is 0 Å². The highest BCUT2D eigenvalue weighted by Gasteiger charge is 2.38. The molecule has 1 aliphatic rings. The lowest BCUT2D eigenvalue weighted by Gasteiger charge is -2.44. The maximum Gasteiger partial charge on any atom is 0.181 e. The van der Waals surface area contributed by atoms with Crippen molar-refractivity contribution in [1.29, 1.82) is 0 Å². The van der Waals surface area contributed by atoms with Crippen molar-refractivity contribution in [3.8, 4) is 0 Å². The Kier molecular flexibility index (Phi) is 6.39. The topological polar surface area (TPSA) is 65.6 Å². The lowest BCUT2D eigenvalue weighted by Crippen LogP contribution is -2.51. The normalized spacial score (nSPS) is 18.1.